The summed E-state index contributed by atoms with van der Waals surface area (Å²) >= 11 is 0. The first kappa shape index (κ1) is 33.9. The van der Waals surface area contributed by atoms with Gasteiger partial charge in [-0.25, -0.2) is 4.79 Å². The fourth-order valence-electron chi connectivity index (χ4n) is 6.06. The Hall–Kier alpha value is -3.99. The minimum Gasteiger partial charge on any atom is -0.493 e. The lowest BCUT2D eigenvalue weighted by atomic mass is 10.1. The van der Waals surface area contributed by atoms with Gasteiger partial charge >= 0.3 is 6.09 Å². The number of unbranched alkanes of at least 4 members (excludes halogenated alkanes) is 7. The molecule has 0 radical (unpaired) electrons. The third-order valence-electron chi connectivity index (χ3n) is 8.67. The number of piperazine rings is 1. The molecular weight excluding hydrogens is 576 g/mol. The molecule has 11 heteroatoms. The number of fused-ring (bicyclic) bond motifs is 1. The first-order chi connectivity index (χ1) is 21.7. The predicted octanol–water partition coefficient (Wildman–Crippen LogP) is 5.63. The zero-order valence-corrected chi connectivity index (χ0v) is 27.1. The topological polar surface area (TPSA) is 126 Å². The number of carboxylic acid groups (broad SMARTS) is 1. The van der Waals surface area contributed by atoms with E-state index in [0.29, 0.717) is 55.1 Å². The molecule has 0 aliphatic carbocycles. The Kier molecular flexibility index (Phi) is 12.3. The van der Waals surface area contributed by atoms with E-state index in [1.165, 1.54) is 0 Å². The van der Waals surface area contributed by atoms with E-state index < -0.39 is 6.09 Å². The third kappa shape index (κ3) is 9.03. The van der Waals surface area contributed by atoms with Crippen LogP contribution in [0.25, 0.3) is 22.1 Å². The number of pyridine rings is 1. The van der Waals surface area contributed by atoms with Crippen molar-refractivity contribution in [2.45, 2.75) is 77.3 Å². The van der Waals surface area contributed by atoms with Gasteiger partial charge in [-0.15, -0.1) is 0 Å². The van der Waals surface area contributed by atoms with Crippen molar-refractivity contribution >= 4 is 23.0 Å². The quantitative estimate of drug-likeness (QED) is 0.197. The van der Waals surface area contributed by atoms with E-state index in [1.54, 1.807) is 32.0 Å². The molecule has 1 fully saturated rings. The van der Waals surface area contributed by atoms with Crippen molar-refractivity contribution in [3.63, 3.8) is 0 Å². The molecule has 0 spiro atoms. The molecule has 11 nitrogen and oxygen atoms in total. The molecular formula is C34H48N4O7. The fraction of sp³-hybridized carbons (Fsp3) is 0.559. The summed E-state index contributed by atoms with van der Waals surface area (Å²) in [5.74, 6) is 2.17. The van der Waals surface area contributed by atoms with E-state index in [-0.39, 0.29) is 17.5 Å². The minimum atomic E-state index is -0.958. The minimum absolute atomic E-state index is 0.113. The molecule has 45 heavy (non-hydrogen) atoms. The van der Waals surface area contributed by atoms with Crippen LogP contribution in [0.3, 0.4) is 0 Å². The van der Waals surface area contributed by atoms with Crippen molar-refractivity contribution < 1.29 is 28.6 Å². The molecule has 2 aromatic heterocycles. The lowest BCUT2D eigenvalue weighted by molar-refractivity contribution is -0.134. The molecule has 246 valence electrons. The van der Waals surface area contributed by atoms with E-state index in [4.69, 9.17) is 19.0 Å². The number of aromatic nitrogens is 1. The maximum absolute atomic E-state index is 13.0. The zero-order chi connectivity index (χ0) is 32.3. The molecule has 1 aromatic carbocycles. The highest BCUT2D eigenvalue weighted by Gasteiger charge is 2.27. The molecule has 0 bridgehead atoms. The normalized spacial score (nSPS) is 15.4. The number of nitrogens with zero attached hydrogens (tertiary/aromatic N) is 3. The average Bonchev–Trinajstić information content (AvgIpc) is 3.46. The Morgan fingerprint density at radius 1 is 0.978 bits per heavy atom. The maximum atomic E-state index is 13.0. The second-order valence-electron chi connectivity index (χ2n) is 12.0. The van der Waals surface area contributed by atoms with E-state index in [2.05, 4.69) is 17.1 Å². The lowest BCUT2D eigenvalue weighted by Gasteiger charge is -2.39. The molecule has 1 saturated heterocycles. The highest BCUT2D eigenvalue weighted by atomic mass is 16.5. The van der Waals surface area contributed by atoms with Gasteiger partial charge in [0.15, 0.2) is 11.5 Å². The standard InChI is InChI=1S/C34H48N4O7/c1-24-21-38(31(39)13-11-9-7-5-6-8-10-12-16-35-34(41)42)18-17-37(24)22-26-20-27-32(45-26)28(23-36(2)33(27)40)25-14-15-29(43-3)30(19-25)44-4/h14-15,19-20,23-24,35H,5-13,16-18,21-22H2,1-4H3,(H,41,42). The lowest BCUT2D eigenvalue weighted by Crippen LogP contribution is -2.53. The van der Waals surface area contributed by atoms with Gasteiger partial charge in [0, 0.05) is 57.4 Å². The number of ether oxygens (including phenoxy) is 2. The van der Waals surface area contributed by atoms with Crippen LogP contribution in [0.15, 0.2) is 39.7 Å². The van der Waals surface area contributed by atoms with Crippen LogP contribution in [0.2, 0.25) is 0 Å². The number of nitrogens with one attached hydrogen (secondary N) is 1. The highest BCUT2D eigenvalue weighted by molar-refractivity contribution is 5.92. The molecule has 0 saturated carbocycles. The molecule has 3 heterocycles. The van der Waals surface area contributed by atoms with E-state index in [0.717, 1.165) is 74.8 Å². The Labute approximate surface area is 265 Å². The van der Waals surface area contributed by atoms with Gasteiger partial charge in [0.2, 0.25) is 5.91 Å². The number of aryl methyl sites for hydroxylation is 1. The van der Waals surface area contributed by atoms with Crippen molar-refractivity contribution in [2.75, 3.05) is 40.4 Å². The molecule has 1 aliphatic heterocycles. The zero-order valence-electron chi connectivity index (χ0n) is 27.1. The smallest absolute Gasteiger partial charge is 0.404 e. The van der Waals surface area contributed by atoms with Gasteiger partial charge in [-0.1, -0.05) is 44.6 Å². The molecule has 2 N–H and O–H groups in total. The number of hydrogen-bond donors (Lipinski definition) is 2. The maximum Gasteiger partial charge on any atom is 0.404 e. The first-order valence-electron chi connectivity index (χ1n) is 16.0. The van der Waals surface area contributed by atoms with Crippen molar-refractivity contribution in [1.82, 2.24) is 19.7 Å². The fourth-order valence-corrected chi connectivity index (χ4v) is 6.06. The Bertz CT molecular complexity index is 1500. The van der Waals surface area contributed by atoms with Gasteiger partial charge in [0.05, 0.1) is 26.2 Å². The Balaban J connectivity index is 1.26. The van der Waals surface area contributed by atoms with Crippen molar-refractivity contribution in [2.24, 2.45) is 7.05 Å². The highest BCUT2D eigenvalue weighted by Crippen LogP contribution is 2.35. The van der Waals surface area contributed by atoms with E-state index in [1.807, 2.05) is 29.2 Å². The first-order valence-corrected chi connectivity index (χ1v) is 16.0. The summed E-state index contributed by atoms with van der Waals surface area (Å²) in [4.78, 5) is 40.7. The number of rotatable bonds is 16. The van der Waals surface area contributed by atoms with Gasteiger partial charge in [-0.2, -0.15) is 0 Å². The predicted molar refractivity (Wildman–Crippen MR) is 174 cm³/mol. The van der Waals surface area contributed by atoms with Crippen LogP contribution in [0, 0.1) is 0 Å². The van der Waals surface area contributed by atoms with Crippen LogP contribution >= 0.6 is 0 Å². The van der Waals surface area contributed by atoms with Crippen LogP contribution in [-0.4, -0.2) is 77.9 Å². The van der Waals surface area contributed by atoms with Gasteiger partial charge in [0.25, 0.3) is 5.56 Å². The van der Waals surface area contributed by atoms with Gasteiger partial charge in [-0.05, 0) is 43.5 Å². The van der Waals surface area contributed by atoms with Gasteiger partial charge < -0.3 is 33.8 Å². The number of methoxy groups -OCH3 is 2. The number of furan rings is 1. The van der Waals surface area contributed by atoms with E-state index >= 15 is 0 Å². The molecule has 1 unspecified atom stereocenters. The Morgan fingerprint density at radius 3 is 2.33 bits per heavy atom. The van der Waals surface area contributed by atoms with Crippen molar-refractivity contribution in [1.29, 1.82) is 0 Å². The molecule has 3 aromatic rings. The molecule has 1 aliphatic rings. The number of carbonyl (C=O) groups is 2. The number of benzene rings is 1. The average molecular weight is 625 g/mol. The number of carbonyl (C=O) groups excluding carboxylic acids is 1. The Morgan fingerprint density at radius 2 is 1.67 bits per heavy atom. The molecule has 2 amide bonds. The molecule has 4 rings (SSSR count). The largest absolute Gasteiger partial charge is 0.493 e. The second kappa shape index (κ2) is 16.4. The molecule has 1 atom stereocenters. The summed E-state index contributed by atoms with van der Waals surface area (Å²) in [5.41, 5.74) is 2.10. The summed E-state index contributed by atoms with van der Waals surface area (Å²) < 4.78 is 18.8. The van der Waals surface area contributed by atoms with Crippen molar-refractivity contribution in [3.05, 3.63) is 46.6 Å². The van der Waals surface area contributed by atoms with Crippen LogP contribution in [0.5, 0.6) is 11.5 Å². The monoisotopic (exact) mass is 624 g/mol. The van der Waals surface area contributed by atoms with Crippen LogP contribution in [0.1, 0.15) is 70.5 Å². The summed E-state index contributed by atoms with van der Waals surface area (Å²) in [7, 11) is 4.93. The summed E-state index contributed by atoms with van der Waals surface area (Å²) in [6.07, 6.45) is 9.84. The van der Waals surface area contributed by atoms with Crippen LogP contribution in [-0.2, 0) is 18.4 Å². The van der Waals surface area contributed by atoms with Crippen LogP contribution < -0.4 is 20.3 Å². The van der Waals surface area contributed by atoms with Crippen molar-refractivity contribution in [3.8, 4) is 22.6 Å². The van der Waals surface area contributed by atoms with Gasteiger partial charge in [-0.3, -0.25) is 14.5 Å². The summed E-state index contributed by atoms with van der Waals surface area (Å²) in [5, 5.41) is 11.5. The third-order valence-corrected chi connectivity index (χ3v) is 8.67. The van der Waals surface area contributed by atoms with E-state index in [9.17, 15) is 14.4 Å². The van der Waals surface area contributed by atoms with Gasteiger partial charge in [0.1, 0.15) is 11.3 Å². The summed E-state index contributed by atoms with van der Waals surface area (Å²) in [6, 6.07) is 7.66. The number of amides is 2. The second-order valence-corrected chi connectivity index (χ2v) is 12.0. The summed E-state index contributed by atoms with van der Waals surface area (Å²) in [6.45, 7) is 5.31. The number of hydrogen-bond acceptors (Lipinski definition) is 7. The van der Waals surface area contributed by atoms with Crippen LogP contribution in [0.4, 0.5) is 4.79 Å². The SMILES string of the molecule is COc1ccc(-c2cn(C)c(=O)c3cc(CN4CCN(C(=O)CCCCCCCCCCNC(=O)O)CC4C)oc23)cc1OC.